The van der Waals surface area contributed by atoms with E-state index >= 15 is 0 Å². The average molecular weight is 431 g/mol. The number of halogens is 2. The summed E-state index contributed by atoms with van der Waals surface area (Å²) in [4.78, 5) is 6.58. The van der Waals surface area contributed by atoms with Gasteiger partial charge in [-0.3, -0.25) is 4.98 Å². The second-order valence-corrected chi connectivity index (χ2v) is 8.14. The van der Waals surface area contributed by atoms with E-state index in [1.165, 1.54) is 6.07 Å². The molecule has 3 heterocycles. The SMILES string of the molecule is COc1cccc2ncc3c(c12)N1Cc2c(F)cc(Br)cc2P=C1OC3. The van der Waals surface area contributed by atoms with Crippen LogP contribution in [0.25, 0.3) is 10.9 Å². The van der Waals surface area contributed by atoms with Gasteiger partial charge in [0.1, 0.15) is 11.6 Å². The van der Waals surface area contributed by atoms with Gasteiger partial charge in [-0.25, -0.2) is 4.39 Å². The van der Waals surface area contributed by atoms with E-state index in [2.05, 4.69) is 20.9 Å². The number of anilines is 1. The Hall–Kier alpha value is -2.01. The molecule has 0 atom stereocenters. The highest BCUT2D eigenvalue weighted by Crippen LogP contribution is 2.41. The van der Waals surface area contributed by atoms with E-state index in [-0.39, 0.29) is 5.82 Å². The van der Waals surface area contributed by atoms with Gasteiger partial charge >= 0.3 is 0 Å². The van der Waals surface area contributed by atoms with Crippen LogP contribution in [0.5, 0.6) is 5.75 Å². The number of methoxy groups -OCH3 is 1. The predicted molar refractivity (Wildman–Crippen MR) is 105 cm³/mol. The Kier molecular flexibility index (Phi) is 3.74. The summed E-state index contributed by atoms with van der Waals surface area (Å²) in [6, 6.07) is 9.27. The smallest absolute Gasteiger partial charge is 0.176 e. The lowest BCUT2D eigenvalue weighted by atomic mass is 10.1. The number of rotatable bonds is 1. The number of pyridine rings is 1. The number of aromatic nitrogens is 1. The first kappa shape index (κ1) is 16.2. The van der Waals surface area contributed by atoms with Gasteiger partial charge in [-0.2, -0.15) is 0 Å². The Morgan fingerprint density at radius 2 is 2.23 bits per heavy atom. The highest BCUT2D eigenvalue weighted by molar-refractivity contribution is 9.10. The minimum Gasteiger partial charge on any atom is -0.496 e. The van der Waals surface area contributed by atoms with Gasteiger partial charge in [0.15, 0.2) is 5.60 Å². The number of hydrogen-bond acceptors (Lipinski definition) is 4. The van der Waals surface area contributed by atoms with Gasteiger partial charge < -0.3 is 14.4 Å². The fourth-order valence-corrected chi connectivity index (χ4v) is 5.23. The Bertz CT molecular complexity index is 1100. The number of nitrogens with zero attached hydrogens (tertiary/aromatic N) is 2. The minimum absolute atomic E-state index is 0.210. The summed E-state index contributed by atoms with van der Waals surface area (Å²) >= 11 is 3.37. The summed E-state index contributed by atoms with van der Waals surface area (Å²) in [5.74, 6) is 0.546. The first-order chi connectivity index (χ1) is 12.7. The highest BCUT2D eigenvalue weighted by Gasteiger charge is 2.31. The Morgan fingerprint density at radius 1 is 1.35 bits per heavy atom. The van der Waals surface area contributed by atoms with Crippen molar-refractivity contribution in [3.63, 3.8) is 0 Å². The van der Waals surface area contributed by atoms with E-state index < -0.39 is 0 Å². The summed E-state index contributed by atoms with van der Waals surface area (Å²) in [6.45, 7) is 0.863. The fraction of sp³-hybridized carbons (Fsp3) is 0.158. The Morgan fingerprint density at radius 3 is 3.08 bits per heavy atom. The van der Waals surface area contributed by atoms with Crippen molar-refractivity contribution < 1.29 is 13.9 Å². The third-order valence-electron chi connectivity index (χ3n) is 4.65. The molecule has 4 nitrogen and oxygen atoms in total. The maximum atomic E-state index is 14.6. The van der Waals surface area contributed by atoms with Crippen molar-refractivity contribution in [3.8, 4) is 5.75 Å². The molecule has 0 radical (unpaired) electrons. The predicted octanol–water partition coefficient (Wildman–Crippen LogP) is 4.35. The molecule has 0 spiro atoms. The summed E-state index contributed by atoms with van der Waals surface area (Å²) < 4.78 is 26.9. The van der Waals surface area contributed by atoms with Crippen LogP contribution in [-0.2, 0) is 17.9 Å². The van der Waals surface area contributed by atoms with Crippen LogP contribution in [0.1, 0.15) is 11.1 Å². The van der Waals surface area contributed by atoms with Gasteiger partial charge in [0, 0.05) is 27.1 Å². The molecule has 0 aliphatic carbocycles. The summed E-state index contributed by atoms with van der Waals surface area (Å²) in [5.41, 5.74) is 4.31. The zero-order chi connectivity index (χ0) is 17.8. The molecule has 5 rings (SSSR count). The average Bonchev–Trinajstić information content (AvgIpc) is 2.65. The maximum absolute atomic E-state index is 14.6. The molecular formula is C19H13BrFN2O2P. The second-order valence-electron chi connectivity index (χ2n) is 6.14. The number of benzene rings is 2. The van der Waals surface area contributed by atoms with Crippen molar-refractivity contribution in [3.05, 3.63) is 57.9 Å². The first-order valence-electron chi connectivity index (χ1n) is 8.07. The third kappa shape index (κ3) is 2.37. The van der Waals surface area contributed by atoms with Crippen molar-refractivity contribution >= 4 is 51.6 Å². The lowest BCUT2D eigenvalue weighted by molar-refractivity contribution is 0.283. The van der Waals surface area contributed by atoms with Gasteiger partial charge in [0.2, 0.25) is 0 Å². The van der Waals surface area contributed by atoms with Gasteiger partial charge in [-0.1, -0.05) is 22.0 Å². The van der Waals surface area contributed by atoms with Crippen LogP contribution in [0.2, 0.25) is 0 Å². The van der Waals surface area contributed by atoms with E-state index in [1.54, 1.807) is 7.11 Å². The zero-order valence-electron chi connectivity index (χ0n) is 13.8. The summed E-state index contributed by atoms with van der Waals surface area (Å²) in [6.07, 6.45) is 1.83. The quantitative estimate of drug-likeness (QED) is 0.537. The molecule has 0 amide bonds. The molecule has 0 fully saturated rings. The molecule has 0 bridgehead atoms. The monoisotopic (exact) mass is 430 g/mol. The minimum atomic E-state index is -0.210. The molecular weight excluding hydrogens is 418 g/mol. The fourth-order valence-electron chi connectivity index (χ4n) is 3.48. The number of ether oxygens (including phenoxy) is 2. The highest BCUT2D eigenvalue weighted by atomic mass is 79.9. The number of hydrogen-bond donors (Lipinski definition) is 0. The van der Waals surface area contributed by atoms with E-state index in [9.17, 15) is 4.39 Å². The van der Waals surface area contributed by atoms with Crippen LogP contribution in [0.15, 0.2) is 41.0 Å². The Labute approximate surface area is 159 Å². The lowest BCUT2D eigenvalue weighted by Gasteiger charge is -2.36. The standard InChI is InChI=1S/C19H13BrFN2O2P/c1-24-15-4-2-3-14-17(15)18-10(7-22-14)9-25-19-23(18)8-12-13(21)5-11(20)6-16(12)26-19/h2-7H,8-9H2,1H3. The van der Waals surface area contributed by atoms with E-state index in [4.69, 9.17) is 9.47 Å². The van der Waals surface area contributed by atoms with Crippen molar-refractivity contribution in [1.29, 1.82) is 0 Å². The number of fused-ring (bicyclic) bond motifs is 6. The lowest BCUT2D eigenvalue weighted by Crippen LogP contribution is -2.40. The van der Waals surface area contributed by atoms with E-state index in [0.717, 1.165) is 51.5 Å². The van der Waals surface area contributed by atoms with Gasteiger partial charge in [0.05, 0.1) is 36.9 Å². The van der Waals surface area contributed by atoms with Crippen molar-refractivity contribution in [2.24, 2.45) is 0 Å². The third-order valence-corrected chi connectivity index (χ3v) is 6.31. The van der Waals surface area contributed by atoms with Crippen molar-refractivity contribution in [1.82, 2.24) is 4.98 Å². The first-order valence-corrected chi connectivity index (χ1v) is 9.76. The molecule has 3 aromatic rings. The summed E-state index contributed by atoms with van der Waals surface area (Å²) in [7, 11) is 2.51. The van der Waals surface area contributed by atoms with Crippen molar-refractivity contribution in [2.45, 2.75) is 13.2 Å². The van der Waals surface area contributed by atoms with Gasteiger partial charge in [-0.05, 0) is 32.5 Å². The van der Waals surface area contributed by atoms with E-state index in [1.807, 2.05) is 35.4 Å². The van der Waals surface area contributed by atoms with Crippen LogP contribution in [-0.4, -0.2) is 17.7 Å². The normalized spacial score (nSPS) is 15.8. The molecule has 0 N–H and O–H groups in total. The molecule has 0 unspecified atom stereocenters. The molecule has 7 heteroatoms. The molecule has 26 heavy (non-hydrogen) atoms. The van der Waals surface area contributed by atoms with Crippen molar-refractivity contribution in [2.75, 3.05) is 12.0 Å². The largest absolute Gasteiger partial charge is 0.496 e. The topological polar surface area (TPSA) is 34.6 Å². The van der Waals surface area contributed by atoms with Gasteiger partial charge in [-0.15, -0.1) is 0 Å². The zero-order valence-corrected chi connectivity index (χ0v) is 16.3. The second kappa shape index (κ2) is 6.02. The van der Waals surface area contributed by atoms with Crippen LogP contribution < -0.4 is 14.9 Å². The maximum Gasteiger partial charge on any atom is 0.176 e. The molecule has 2 aliphatic rings. The molecule has 130 valence electrons. The van der Waals surface area contributed by atoms with E-state index in [0.29, 0.717) is 18.7 Å². The molecule has 2 aliphatic heterocycles. The molecule has 0 saturated carbocycles. The van der Waals surface area contributed by atoms with Crippen LogP contribution in [0.3, 0.4) is 0 Å². The summed E-state index contributed by atoms with van der Waals surface area (Å²) in [5, 5.41) is 1.86. The van der Waals surface area contributed by atoms with Crippen LogP contribution in [0.4, 0.5) is 10.1 Å². The molecule has 1 aromatic heterocycles. The van der Waals surface area contributed by atoms with Gasteiger partial charge in [0.25, 0.3) is 0 Å². The molecule has 2 aromatic carbocycles. The van der Waals surface area contributed by atoms with Crippen LogP contribution in [0, 0.1) is 5.82 Å². The Balaban J connectivity index is 1.77. The molecule has 0 saturated heterocycles. The van der Waals surface area contributed by atoms with Crippen LogP contribution >= 0.6 is 24.1 Å².